The summed E-state index contributed by atoms with van der Waals surface area (Å²) in [4.78, 5) is 38.4. The summed E-state index contributed by atoms with van der Waals surface area (Å²) in [6, 6.07) is 0. The molecule has 0 aromatic rings. The van der Waals surface area contributed by atoms with Gasteiger partial charge in [-0.15, -0.1) is 0 Å². The molecule has 0 saturated carbocycles. The molecule has 0 spiro atoms. The monoisotopic (exact) mass is 1040 g/mol. The van der Waals surface area contributed by atoms with Crippen molar-refractivity contribution in [2.45, 2.75) is 367 Å². The number of hydrogen-bond acceptors (Lipinski definition) is 6. The fourth-order valence-corrected chi connectivity index (χ4v) is 9.92. The smallest absolute Gasteiger partial charge is 0.306 e. The third kappa shape index (κ3) is 60.5. The van der Waals surface area contributed by atoms with Crippen LogP contribution in [0.3, 0.4) is 0 Å². The van der Waals surface area contributed by atoms with E-state index in [0.717, 1.165) is 77.0 Å². The van der Waals surface area contributed by atoms with E-state index in [1.807, 2.05) is 0 Å². The molecule has 0 aromatic carbocycles. The van der Waals surface area contributed by atoms with Gasteiger partial charge in [-0.3, -0.25) is 14.4 Å². The van der Waals surface area contributed by atoms with Crippen LogP contribution in [0, 0.1) is 0 Å². The molecule has 1 atom stereocenters. The van der Waals surface area contributed by atoms with E-state index in [1.54, 1.807) is 0 Å². The number of rotatable bonds is 61. The predicted octanol–water partition coefficient (Wildman–Crippen LogP) is 22.4. The van der Waals surface area contributed by atoms with Crippen molar-refractivity contribution in [2.24, 2.45) is 0 Å². The minimum atomic E-state index is -0.775. The van der Waals surface area contributed by atoms with Crippen LogP contribution < -0.4 is 0 Å². The Bertz CT molecular complexity index is 1240. The average Bonchev–Trinajstić information content (AvgIpc) is 3.40. The fraction of sp³-hybridized carbons (Fsp3) is 0.868. The van der Waals surface area contributed by atoms with Gasteiger partial charge >= 0.3 is 17.9 Å². The molecular formula is C68H126O6. The summed E-state index contributed by atoms with van der Waals surface area (Å²) in [7, 11) is 0. The second-order valence-electron chi connectivity index (χ2n) is 22.4. The molecule has 0 saturated heterocycles. The maximum atomic E-state index is 12.9. The quantitative estimate of drug-likeness (QED) is 0.0261. The number of hydrogen-bond donors (Lipinski definition) is 0. The predicted molar refractivity (Wildman–Crippen MR) is 321 cm³/mol. The minimum Gasteiger partial charge on any atom is -0.462 e. The van der Waals surface area contributed by atoms with Gasteiger partial charge in [0.05, 0.1) is 0 Å². The minimum absolute atomic E-state index is 0.0706. The molecule has 0 aliphatic rings. The highest BCUT2D eigenvalue weighted by atomic mass is 16.6. The summed E-state index contributed by atoms with van der Waals surface area (Å²) in [6.07, 6.45) is 77.2. The van der Waals surface area contributed by atoms with Crippen molar-refractivity contribution in [1.82, 2.24) is 0 Å². The van der Waals surface area contributed by atoms with Gasteiger partial charge in [-0.2, -0.15) is 0 Å². The molecule has 0 bridgehead atoms. The zero-order chi connectivity index (χ0) is 53.6. The molecule has 0 N–H and O–H groups in total. The summed E-state index contributed by atoms with van der Waals surface area (Å²) < 4.78 is 17.0. The van der Waals surface area contributed by atoms with E-state index in [9.17, 15) is 14.4 Å². The Morgan fingerprint density at radius 3 is 0.784 bits per heavy atom. The highest BCUT2D eigenvalue weighted by Crippen LogP contribution is 2.18. The lowest BCUT2D eigenvalue weighted by molar-refractivity contribution is -0.167. The normalized spacial score (nSPS) is 12.2. The lowest BCUT2D eigenvalue weighted by Crippen LogP contribution is -2.30. The number of unbranched alkanes of at least 4 members (excludes halogenated alkanes) is 44. The van der Waals surface area contributed by atoms with Crippen LogP contribution in [0.25, 0.3) is 0 Å². The Kier molecular flexibility index (Phi) is 61.1. The van der Waals surface area contributed by atoms with Crippen LogP contribution in [0.4, 0.5) is 0 Å². The Morgan fingerprint density at radius 1 is 0.270 bits per heavy atom. The molecule has 0 amide bonds. The van der Waals surface area contributed by atoms with Crippen LogP contribution in [0.5, 0.6) is 0 Å². The molecule has 0 aliphatic heterocycles. The highest BCUT2D eigenvalue weighted by Gasteiger charge is 2.19. The topological polar surface area (TPSA) is 78.9 Å². The van der Waals surface area contributed by atoms with Crippen molar-refractivity contribution in [2.75, 3.05) is 13.2 Å². The molecular weight excluding hydrogens is 913 g/mol. The number of carbonyl (C=O) groups is 3. The van der Waals surface area contributed by atoms with Crippen LogP contribution in [-0.2, 0) is 28.6 Å². The third-order valence-corrected chi connectivity index (χ3v) is 14.9. The number of carbonyl (C=O) groups excluding carboxylic acids is 3. The van der Waals surface area contributed by atoms with Crippen LogP contribution in [0.1, 0.15) is 361 Å². The molecule has 0 aliphatic carbocycles. The zero-order valence-electron chi connectivity index (χ0n) is 49.9. The van der Waals surface area contributed by atoms with Gasteiger partial charge in [0.1, 0.15) is 13.2 Å². The summed E-state index contributed by atoms with van der Waals surface area (Å²) in [5, 5.41) is 0. The average molecular weight is 1040 g/mol. The maximum absolute atomic E-state index is 12.9. The van der Waals surface area contributed by atoms with Crippen molar-refractivity contribution in [3.8, 4) is 0 Å². The van der Waals surface area contributed by atoms with Crippen LogP contribution in [0.15, 0.2) is 36.5 Å². The molecule has 434 valence electrons. The lowest BCUT2D eigenvalue weighted by atomic mass is 10.0. The first-order chi connectivity index (χ1) is 36.5. The Labute approximate surface area is 461 Å². The Balaban J connectivity index is 4.34. The zero-order valence-corrected chi connectivity index (χ0v) is 49.9. The van der Waals surface area contributed by atoms with Crippen LogP contribution in [0.2, 0.25) is 0 Å². The van der Waals surface area contributed by atoms with E-state index in [2.05, 4.69) is 57.2 Å². The van der Waals surface area contributed by atoms with Gasteiger partial charge in [-0.1, -0.05) is 320 Å². The molecule has 74 heavy (non-hydrogen) atoms. The van der Waals surface area contributed by atoms with Crippen LogP contribution in [-0.4, -0.2) is 37.2 Å². The van der Waals surface area contributed by atoms with Gasteiger partial charge in [-0.05, 0) is 57.8 Å². The van der Waals surface area contributed by atoms with Crippen molar-refractivity contribution >= 4 is 17.9 Å². The van der Waals surface area contributed by atoms with Gasteiger partial charge < -0.3 is 14.2 Å². The largest absolute Gasteiger partial charge is 0.462 e. The van der Waals surface area contributed by atoms with Gasteiger partial charge in [-0.25, -0.2) is 0 Å². The summed E-state index contributed by atoms with van der Waals surface area (Å²) in [5.74, 6) is -0.855. The van der Waals surface area contributed by atoms with Crippen molar-refractivity contribution in [3.05, 3.63) is 36.5 Å². The second-order valence-corrected chi connectivity index (χ2v) is 22.4. The van der Waals surface area contributed by atoms with E-state index in [-0.39, 0.29) is 31.1 Å². The second kappa shape index (κ2) is 63.2. The van der Waals surface area contributed by atoms with Crippen molar-refractivity contribution in [3.63, 3.8) is 0 Å². The molecule has 6 heteroatoms. The molecule has 0 rings (SSSR count). The SMILES string of the molecule is CCCCC/C=C\C/C=C\C/C=C\CCCCCCCCC(=O)OC[C@@H](COC(=O)CCCCCCCCCCCCCCCCCCCC)OC(=O)CCCCCCCCCCCCCCCCCCCCC. The highest BCUT2D eigenvalue weighted by molar-refractivity contribution is 5.71. The van der Waals surface area contributed by atoms with E-state index >= 15 is 0 Å². The Morgan fingerprint density at radius 2 is 0.486 bits per heavy atom. The van der Waals surface area contributed by atoms with E-state index in [0.29, 0.717) is 19.3 Å². The van der Waals surface area contributed by atoms with Crippen LogP contribution >= 0.6 is 0 Å². The number of ether oxygens (including phenoxy) is 3. The first-order valence-corrected chi connectivity index (χ1v) is 33.0. The van der Waals surface area contributed by atoms with E-state index < -0.39 is 6.10 Å². The number of allylic oxidation sites excluding steroid dienone is 6. The first-order valence-electron chi connectivity index (χ1n) is 33.0. The molecule has 0 heterocycles. The van der Waals surface area contributed by atoms with E-state index in [1.165, 1.54) is 244 Å². The van der Waals surface area contributed by atoms with Crippen molar-refractivity contribution in [1.29, 1.82) is 0 Å². The molecule has 6 nitrogen and oxygen atoms in total. The molecule has 0 radical (unpaired) electrons. The number of esters is 3. The summed E-state index contributed by atoms with van der Waals surface area (Å²) in [5.41, 5.74) is 0. The van der Waals surface area contributed by atoms with Gasteiger partial charge in [0.15, 0.2) is 6.10 Å². The summed E-state index contributed by atoms with van der Waals surface area (Å²) in [6.45, 7) is 6.68. The summed E-state index contributed by atoms with van der Waals surface area (Å²) >= 11 is 0. The molecule has 0 unspecified atom stereocenters. The lowest BCUT2D eigenvalue weighted by Gasteiger charge is -2.18. The molecule has 0 aromatic heterocycles. The first kappa shape index (κ1) is 71.6. The van der Waals surface area contributed by atoms with Gasteiger partial charge in [0, 0.05) is 19.3 Å². The maximum Gasteiger partial charge on any atom is 0.306 e. The van der Waals surface area contributed by atoms with Gasteiger partial charge in [0.25, 0.3) is 0 Å². The molecule has 0 fully saturated rings. The fourth-order valence-electron chi connectivity index (χ4n) is 9.92. The van der Waals surface area contributed by atoms with Crippen molar-refractivity contribution < 1.29 is 28.6 Å². The van der Waals surface area contributed by atoms with E-state index in [4.69, 9.17) is 14.2 Å². The Hall–Kier alpha value is -2.37. The standard InChI is InChI=1S/C68H126O6/c1-4-7-10-13-16-19-22-25-28-31-34-37-40-43-46-49-52-55-58-61-67(70)73-64-65(63-72-66(69)60-57-54-51-48-45-42-39-36-33-30-27-24-21-18-15-12-9-6-3)74-68(71)62-59-56-53-50-47-44-41-38-35-32-29-26-23-20-17-14-11-8-5-2/h16,19,25,28,34,37,65H,4-15,17-18,20-24,26-27,29-33,35-36,38-64H2,1-3H3/b19-16-,28-25-,37-34-/t65-/m1/s1. The third-order valence-electron chi connectivity index (χ3n) is 14.9. The van der Waals surface area contributed by atoms with Gasteiger partial charge in [0.2, 0.25) is 0 Å².